The van der Waals surface area contributed by atoms with Crippen molar-refractivity contribution in [3.63, 3.8) is 0 Å². The molecule has 2 aliphatic heterocycles. The molecule has 0 aliphatic carbocycles. The van der Waals surface area contributed by atoms with Gasteiger partial charge in [-0.2, -0.15) is 0 Å². The topological polar surface area (TPSA) is 78.7 Å². The van der Waals surface area contributed by atoms with Crippen molar-refractivity contribution in [2.75, 3.05) is 30.0 Å². The van der Waals surface area contributed by atoms with E-state index in [4.69, 9.17) is 5.73 Å². The van der Waals surface area contributed by atoms with Crippen LogP contribution in [0, 0.1) is 0 Å². The average molecular weight is 274 g/mol. The molecule has 1 fully saturated rings. The summed E-state index contributed by atoms with van der Waals surface area (Å²) < 4.78 is 0. The molecule has 0 saturated carbocycles. The molecule has 2 amide bonds. The second-order valence-corrected chi connectivity index (χ2v) is 5.20. The highest BCUT2D eigenvalue weighted by atomic mass is 16.2. The number of hydrogen-bond acceptors (Lipinski definition) is 4. The molecule has 3 N–H and O–H groups in total. The molecule has 0 bridgehead atoms. The van der Waals surface area contributed by atoms with Gasteiger partial charge in [-0.3, -0.25) is 9.59 Å². The second-order valence-electron chi connectivity index (χ2n) is 5.20. The zero-order chi connectivity index (χ0) is 14.1. The zero-order valence-corrected chi connectivity index (χ0v) is 11.2. The fourth-order valence-electron chi connectivity index (χ4n) is 2.92. The third kappa shape index (κ3) is 2.17. The number of likely N-dealkylation sites (tertiary alicyclic amines) is 1. The molecule has 0 spiro atoms. The first-order valence-corrected chi connectivity index (χ1v) is 6.83. The van der Waals surface area contributed by atoms with E-state index in [2.05, 4.69) is 5.32 Å². The molecule has 1 aromatic carbocycles. The van der Waals surface area contributed by atoms with Gasteiger partial charge in [0.25, 0.3) is 0 Å². The highest BCUT2D eigenvalue weighted by Crippen LogP contribution is 2.30. The van der Waals surface area contributed by atoms with Crippen LogP contribution < -0.4 is 16.0 Å². The quantitative estimate of drug-likeness (QED) is 0.834. The molecule has 1 saturated heterocycles. The Morgan fingerprint density at radius 1 is 1.35 bits per heavy atom. The third-order valence-corrected chi connectivity index (χ3v) is 3.93. The molecule has 106 valence electrons. The van der Waals surface area contributed by atoms with Crippen LogP contribution in [-0.2, 0) is 9.59 Å². The van der Waals surface area contributed by atoms with Crippen molar-refractivity contribution >= 4 is 23.2 Å². The number of nitrogens with one attached hydrogen (secondary N) is 1. The van der Waals surface area contributed by atoms with Gasteiger partial charge in [-0.1, -0.05) is 12.1 Å². The minimum absolute atomic E-state index is 0.0372. The summed E-state index contributed by atoms with van der Waals surface area (Å²) >= 11 is 0. The normalized spacial score (nSPS) is 20.7. The van der Waals surface area contributed by atoms with Crippen LogP contribution in [0.1, 0.15) is 12.8 Å². The lowest BCUT2D eigenvalue weighted by molar-refractivity contribution is -0.136. The number of carbonyl (C=O) groups excluding carboxylic acids is 2. The van der Waals surface area contributed by atoms with Gasteiger partial charge in [0.2, 0.25) is 11.8 Å². The van der Waals surface area contributed by atoms with E-state index in [9.17, 15) is 9.59 Å². The summed E-state index contributed by atoms with van der Waals surface area (Å²) in [5.74, 6) is -0.444. The Morgan fingerprint density at radius 3 is 2.95 bits per heavy atom. The van der Waals surface area contributed by atoms with E-state index in [1.807, 2.05) is 29.2 Å². The SMILES string of the molecule is NC(=O)C1CCCN1C(=O)CN1CNc2ccccc21. The third-order valence-electron chi connectivity index (χ3n) is 3.93. The first kappa shape index (κ1) is 12.8. The van der Waals surface area contributed by atoms with Crippen molar-refractivity contribution in [2.45, 2.75) is 18.9 Å². The first-order chi connectivity index (χ1) is 9.66. The largest absolute Gasteiger partial charge is 0.368 e. The predicted molar refractivity (Wildman–Crippen MR) is 76.2 cm³/mol. The van der Waals surface area contributed by atoms with E-state index in [1.165, 1.54) is 0 Å². The fraction of sp³-hybridized carbons (Fsp3) is 0.429. The van der Waals surface area contributed by atoms with E-state index in [1.54, 1.807) is 4.90 Å². The monoisotopic (exact) mass is 274 g/mol. The summed E-state index contributed by atoms with van der Waals surface area (Å²) in [6.07, 6.45) is 1.52. The predicted octanol–water partition coefficient (Wildman–Crippen LogP) is 0.352. The lowest BCUT2D eigenvalue weighted by Gasteiger charge is -2.25. The van der Waals surface area contributed by atoms with Crippen LogP contribution in [0.15, 0.2) is 24.3 Å². The number of primary amides is 1. The maximum atomic E-state index is 12.4. The number of hydrogen-bond donors (Lipinski definition) is 2. The van der Waals surface area contributed by atoms with Gasteiger partial charge in [-0.15, -0.1) is 0 Å². The maximum Gasteiger partial charge on any atom is 0.242 e. The van der Waals surface area contributed by atoms with E-state index in [-0.39, 0.29) is 12.5 Å². The maximum absolute atomic E-state index is 12.4. The molecule has 3 rings (SSSR count). The zero-order valence-electron chi connectivity index (χ0n) is 11.2. The van der Waals surface area contributed by atoms with Crippen molar-refractivity contribution in [3.05, 3.63) is 24.3 Å². The lowest BCUT2D eigenvalue weighted by atomic mass is 10.2. The minimum Gasteiger partial charge on any atom is -0.368 e. The molecule has 20 heavy (non-hydrogen) atoms. The number of fused-ring (bicyclic) bond motifs is 1. The van der Waals surface area contributed by atoms with Gasteiger partial charge < -0.3 is 20.9 Å². The number of amides is 2. The number of nitrogens with two attached hydrogens (primary N) is 1. The highest BCUT2D eigenvalue weighted by Gasteiger charge is 2.33. The van der Waals surface area contributed by atoms with E-state index >= 15 is 0 Å². The number of anilines is 2. The Hall–Kier alpha value is -2.24. The molecule has 2 heterocycles. The molecular formula is C14H18N4O2. The van der Waals surface area contributed by atoms with Gasteiger partial charge in [0, 0.05) is 6.54 Å². The molecule has 0 radical (unpaired) electrons. The second kappa shape index (κ2) is 5.03. The smallest absolute Gasteiger partial charge is 0.242 e. The summed E-state index contributed by atoms with van der Waals surface area (Å²) in [5.41, 5.74) is 7.41. The molecule has 1 unspecified atom stereocenters. The minimum atomic E-state index is -0.437. The molecule has 6 nitrogen and oxygen atoms in total. The Morgan fingerprint density at radius 2 is 2.15 bits per heavy atom. The number of para-hydroxylation sites is 2. The van der Waals surface area contributed by atoms with Crippen LogP contribution in [0.3, 0.4) is 0 Å². The Balaban J connectivity index is 1.70. The first-order valence-electron chi connectivity index (χ1n) is 6.83. The standard InChI is InChI=1S/C14H18N4O2/c15-14(20)12-6-3-7-18(12)13(19)8-17-9-16-10-4-1-2-5-11(10)17/h1-2,4-5,12,16H,3,6-9H2,(H2,15,20). The van der Waals surface area contributed by atoms with Crippen molar-refractivity contribution in [1.29, 1.82) is 0 Å². The van der Waals surface area contributed by atoms with Gasteiger partial charge in [-0.25, -0.2) is 0 Å². The van der Waals surface area contributed by atoms with Gasteiger partial charge >= 0.3 is 0 Å². The molecule has 2 aliphatic rings. The number of rotatable bonds is 3. The van der Waals surface area contributed by atoms with Crippen LogP contribution in [0.2, 0.25) is 0 Å². The van der Waals surface area contributed by atoms with Crippen LogP contribution in [0.4, 0.5) is 11.4 Å². The Bertz CT molecular complexity index is 546. The summed E-state index contributed by atoms with van der Waals surface area (Å²) in [5, 5.41) is 3.24. The van der Waals surface area contributed by atoms with Gasteiger partial charge in [-0.05, 0) is 25.0 Å². The summed E-state index contributed by atoms with van der Waals surface area (Å²) in [6, 6.07) is 7.44. The number of carbonyl (C=O) groups is 2. The van der Waals surface area contributed by atoms with Crippen molar-refractivity contribution in [3.8, 4) is 0 Å². The molecular weight excluding hydrogens is 256 g/mol. The van der Waals surface area contributed by atoms with E-state index in [0.29, 0.717) is 19.6 Å². The van der Waals surface area contributed by atoms with Crippen molar-refractivity contribution < 1.29 is 9.59 Å². The Kier molecular flexibility index (Phi) is 3.22. The summed E-state index contributed by atoms with van der Waals surface area (Å²) in [6.45, 7) is 1.50. The van der Waals surface area contributed by atoms with Crippen LogP contribution in [0.25, 0.3) is 0 Å². The summed E-state index contributed by atoms with van der Waals surface area (Å²) in [4.78, 5) is 27.3. The van der Waals surface area contributed by atoms with E-state index < -0.39 is 11.9 Å². The van der Waals surface area contributed by atoms with E-state index in [0.717, 1.165) is 17.8 Å². The van der Waals surface area contributed by atoms with Crippen LogP contribution in [-0.4, -0.2) is 42.5 Å². The van der Waals surface area contributed by atoms with Gasteiger partial charge in [0.1, 0.15) is 6.04 Å². The average Bonchev–Trinajstić information content (AvgIpc) is 3.06. The van der Waals surface area contributed by atoms with Crippen LogP contribution in [0.5, 0.6) is 0 Å². The lowest BCUT2D eigenvalue weighted by Crippen LogP contribution is -2.47. The van der Waals surface area contributed by atoms with Crippen LogP contribution >= 0.6 is 0 Å². The molecule has 1 aromatic rings. The van der Waals surface area contributed by atoms with Gasteiger partial charge in [0.15, 0.2) is 0 Å². The molecule has 0 aromatic heterocycles. The summed E-state index contributed by atoms with van der Waals surface area (Å²) in [7, 11) is 0. The highest BCUT2D eigenvalue weighted by molar-refractivity contribution is 5.90. The number of benzene rings is 1. The number of nitrogens with zero attached hydrogens (tertiary/aromatic N) is 2. The fourth-order valence-corrected chi connectivity index (χ4v) is 2.92. The molecule has 1 atom stereocenters. The Labute approximate surface area is 117 Å². The molecule has 6 heteroatoms. The van der Waals surface area contributed by atoms with Crippen molar-refractivity contribution in [1.82, 2.24) is 4.90 Å². The van der Waals surface area contributed by atoms with Gasteiger partial charge in [0.05, 0.1) is 24.6 Å². The van der Waals surface area contributed by atoms with Crippen molar-refractivity contribution in [2.24, 2.45) is 5.73 Å².